The molecule has 2 atom stereocenters. The van der Waals surface area contributed by atoms with E-state index in [1.165, 1.54) is 7.11 Å². The smallest absolute Gasteiger partial charge is 0.335 e. The largest absolute Gasteiger partial charge is 0.479 e. The van der Waals surface area contributed by atoms with E-state index in [4.69, 9.17) is 14.6 Å². The van der Waals surface area contributed by atoms with Crippen molar-refractivity contribution in [2.75, 3.05) is 13.7 Å². The molecule has 0 aliphatic heterocycles. The predicted molar refractivity (Wildman–Crippen MR) is 39.5 cm³/mol. The molecule has 1 N–H and O–H groups in total. The first-order valence-corrected chi connectivity index (χ1v) is 3.50. The molecule has 11 heavy (non-hydrogen) atoms. The molecule has 0 amide bonds. The number of hydrogen-bond acceptors (Lipinski definition) is 3. The van der Waals surface area contributed by atoms with Gasteiger partial charge in [0.05, 0.1) is 6.10 Å². The summed E-state index contributed by atoms with van der Waals surface area (Å²) >= 11 is 0. The molecule has 0 radical (unpaired) electrons. The van der Waals surface area contributed by atoms with Gasteiger partial charge in [0, 0.05) is 13.7 Å². The maximum absolute atomic E-state index is 10.4. The molecule has 0 aromatic carbocycles. The van der Waals surface area contributed by atoms with Crippen molar-refractivity contribution in [3.63, 3.8) is 0 Å². The van der Waals surface area contributed by atoms with Gasteiger partial charge in [-0.3, -0.25) is 0 Å². The van der Waals surface area contributed by atoms with E-state index < -0.39 is 18.2 Å². The van der Waals surface area contributed by atoms with E-state index in [2.05, 4.69) is 0 Å². The van der Waals surface area contributed by atoms with Crippen LogP contribution in [0.1, 0.15) is 13.8 Å². The average Bonchev–Trinajstić information content (AvgIpc) is 1.88. The quantitative estimate of drug-likeness (QED) is 0.640. The molecule has 0 heterocycles. The third-order valence-electron chi connectivity index (χ3n) is 1.35. The molecule has 0 aromatic rings. The summed E-state index contributed by atoms with van der Waals surface area (Å²) in [5.74, 6) is -0.992. The number of carboxylic acids is 1. The molecule has 4 heteroatoms. The van der Waals surface area contributed by atoms with Crippen LogP contribution in [0.25, 0.3) is 0 Å². The Labute approximate surface area is 66.1 Å². The average molecular weight is 162 g/mol. The van der Waals surface area contributed by atoms with Gasteiger partial charge in [-0.15, -0.1) is 0 Å². The van der Waals surface area contributed by atoms with Gasteiger partial charge in [0.15, 0.2) is 6.10 Å². The van der Waals surface area contributed by atoms with Gasteiger partial charge in [0.1, 0.15) is 0 Å². The highest BCUT2D eigenvalue weighted by atomic mass is 16.5. The molecule has 0 spiro atoms. The standard InChI is InChI=1S/C7H14O4/c1-4-11-5(2)6(10-3)7(8)9/h5-6H,4H2,1-3H3,(H,8,9). The normalized spacial score (nSPS) is 15.9. The molecule has 2 unspecified atom stereocenters. The van der Waals surface area contributed by atoms with Crippen LogP contribution in [0.5, 0.6) is 0 Å². The van der Waals surface area contributed by atoms with Gasteiger partial charge in [-0.25, -0.2) is 4.79 Å². The molecule has 0 fully saturated rings. The van der Waals surface area contributed by atoms with Crippen molar-refractivity contribution in [1.82, 2.24) is 0 Å². The van der Waals surface area contributed by atoms with Crippen molar-refractivity contribution < 1.29 is 19.4 Å². The number of hydrogen-bond donors (Lipinski definition) is 1. The lowest BCUT2D eigenvalue weighted by molar-refractivity contribution is -0.157. The zero-order valence-corrected chi connectivity index (χ0v) is 7.03. The Balaban J connectivity index is 3.91. The van der Waals surface area contributed by atoms with Crippen LogP contribution in [0.4, 0.5) is 0 Å². The maximum atomic E-state index is 10.4. The van der Waals surface area contributed by atoms with E-state index in [-0.39, 0.29) is 0 Å². The van der Waals surface area contributed by atoms with Crippen LogP contribution >= 0.6 is 0 Å². The number of rotatable bonds is 5. The molecule has 0 aliphatic carbocycles. The van der Waals surface area contributed by atoms with Crippen LogP contribution in [0.2, 0.25) is 0 Å². The van der Waals surface area contributed by atoms with Crippen LogP contribution in [0.3, 0.4) is 0 Å². The molecule has 0 aromatic heterocycles. The highest BCUT2D eigenvalue weighted by Gasteiger charge is 2.24. The second-order valence-electron chi connectivity index (χ2n) is 2.16. The van der Waals surface area contributed by atoms with E-state index in [0.717, 1.165) is 0 Å². The second-order valence-corrected chi connectivity index (χ2v) is 2.16. The second kappa shape index (κ2) is 5.09. The summed E-state index contributed by atoms with van der Waals surface area (Å²) in [5, 5.41) is 8.57. The minimum Gasteiger partial charge on any atom is -0.479 e. The molecule has 0 bridgehead atoms. The Kier molecular flexibility index (Phi) is 4.81. The Morgan fingerprint density at radius 1 is 1.64 bits per heavy atom. The van der Waals surface area contributed by atoms with Crippen molar-refractivity contribution in [3.8, 4) is 0 Å². The van der Waals surface area contributed by atoms with Crippen molar-refractivity contribution in [1.29, 1.82) is 0 Å². The molecule has 0 saturated carbocycles. The third-order valence-corrected chi connectivity index (χ3v) is 1.35. The van der Waals surface area contributed by atoms with Gasteiger partial charge in [-0.1, -0.05) is 0 Å². The summed E-state index contributed by atoms with van der Waals surface area (Å²) < 4.78 is 9.75. The summed E-state index contributed by atoms with van der Waals surface area (Å²) in [4.78, 5) is 10.4. The molecule has 0 rings (SSSR count). The van der Waals surface area contributed by atoms with Gasteiger partial charge in [-0.05, 0) is 13.8 Å². The number of carboxylic acid groups (broad SMARTS) is 1. The highest BCUT2D eigenvalue weighted by molar-refractivity contribution is 5.72. The first-order valence-electron chi connectivity index (χ1n) is 3.50. The fraction of sp³-hybridized carbons (Fsp3) is 0.857. The maximum Gasteiger partial charge on any atom is 0.335 e. The van der Waals surface area contributed by atoms with Crippen molar-refractivity contribution in [2.45, 2.75) is 26.1 Å². The van der Waals surface area contributed by atoms with Crippen molar-refractivity contribution in [2.24, 2.45) is 0 Å². The van der Waals surface area contributed by atoms with Crippen LogP contribution in [-0.4, -0.2) is 37.0 Å². The molecular formula is C7H14O4. The van der Waals surface area contributed by atoms with Crippen LogP contribution in [0, 0.1) is 0 Å². The summed E-state index contributed by atoms with van der Waals surface area (Å²) in [6.07, 6.45) is -1.27. The Morgan fingerprint density at radius 3 is 2.45 bits per heavy atom. The number of carbonyl (C=O) groups is 1. The summed E-state index contributed by atoms with van der Waals surface area (Å²) in [7, 11) is 1.36. The molecule has 0 saturated heterocycles. The monoisotopic (exact) mass is 162 g/mol. The summed E-state index contributed by atoms with van der Waals surface area (Å²) in [6.45, 7) is 3.98. The highest BCUT2D eigenvalue weighted by Crippen LogP contribution is 2.02. The van der Waals surface area contributed by atoms with E-state index in [0.29, 0.717) is 6.61 Å². The molecule has 0 aliphatic rings. The van der Waals surface area contributed by atoms with Gasteiger partial charge in [-0.2, -0.15) is 0 Å². The summed E-state index contributed by atoms with van der Waals surface area (Å²) in [5.41, 5.74) is 0. The van der Waals surface area contributed by atoms with E-state index in [1.807, 2.05) is 6.92 Å². The van der Waals surface area contributed by atoms with Crippen LogP contribution in [-0.2, 0) is 14.3 Å². The number of ether oxygens (including phenoxy) is 2. The number of aliphatic carboxylic acids is 1. The third kappa shape index (κ3) is 3.34. The Morgan fingerprint density at radius 2 is 2.18 bits per heavy atom. The van der Waals surface area contributed by atoms with Crippen LogP contribution in [0.15, 0.2) is 0 Å². The number of methoxy groups -OCH3 is 1. The lowest BCUT2D eigenvalue weighted by Crippen LogP contribution is -2.35. The molecular weight excluding hydrogens is 148 g/mol. The Bertz CT molecular complexity index is 124. The molecule has 66 valence electrons. The summed E-state index contributed by atoms with van der Waals surface area (Å²) in [6, 6.07) is 0. The van der Waals surface area contributed by atoms with Gasteiger partial charge in [0.2, 0.25) is 0 Å². The molecule has 4 nitrogen and oxygen atoms in total. The topological polar surface area (TPSA) is 55.8 Å². The first kappa shape index (κ1) is 10.4. The fourth-order valence-corrected chi connectivity index (χ4v) is 0.844. The lowest BCUT2D eigenvalue weighted by atomic mass is 10.2. The van der Waals surface area contributed by atoms with Gasteiger partial charge in [0.25, 0.3) is 0 Å². The van der Waals surface area contributed by atoms with Crippen molar-refractivity contribution in [3.05, 3.63) is 0 Å². The first-order chi connectivity index (χ1) is 5.13. The fourth-order valence-electron chi connectivity index (χ4n) is 0.844. The minimum atomic E-state index is -0.992. The van der Waals surface area contributed by atoms with Crippen molar-refractivity contribution >= 4 is 5.97 Å². The zero-order chi connectivity index (χ0) is 8.85. The zero-order valence-electron chi connectivity index (χ0n) is 7.03. The Hall–Kier alpha value is -0.610. The van der Waals surface area contributed by atoms with E-state index in [1.54, 1.807) is 6.92 Å². The van der Waals surface area contributed by atoms with Crippen LogP contribution < -0.4 is 0 Å². The predicted octanol–water partition coefficient (Wildman–Crippen LogP) is 0.511. The SMILES string of the molecule is CCOC(C)C(OC)C(=O)O. The van der Waals surface area contributed by atoms with E-state index in [9.17, 15) is 4.79 Å². The minimum absolute atomic E-state index is 0.400. The van der Waals surface area contributed by atoms with Gasteiger partial charge >= 0.3 is 5.97 Å². The van der Waals surface area contributed by atoms with Gasteiger partial charge < -0.3 is 14.6 Å². The lowest BCUT2D eigenvalue weighted by Gasteiger charge is -2.17. The van der Waals surface area contributed by atoms with E-state index >= 15 is 0 Å².